The number of nitrogens with zero attached hydrogens (tertiary/aromatic N) is 5. The third-order valence-corrected chi connectivity index (χ3v) is 20.3. The number of carbonyl (C=O) groups is 7. The van der Waals surface area contributed by atoms with Gasteiger partial charge in [0.2, 0.25) is 35.4 Å². The topological polar surface area (TPSA) is 261 Å². The van der Waals surface area contributed by atoms with Crippen LogP contribution < -0.4 is 15.5 Å². The van der Waals surface area contributed by atoms with Crippen molar-refractivity contribution in [3.05, 3.63) is 70.8 Å². The average Bonchev–Trinajstić information content (AvgIpc) is 1.61. The van der Waals surface area contributed by atoms with E-state index in [2.05, 4.69) is 24.5 Å². The van der Waals surface area contributed by atoms with Crippen molar-refractivity contribution in [1.82, 2.24) is 29.9 Å². The fourth-order valence-electron chi connectivity index (χ4n) is 14.2. The Kier molecular flexibility index (Phi) is 23.0. The largest absolute Gasteiger partial charge is 0.494 e. The maximum Gasteiger partial charge on any atom is 0.326 e. The summed E-state index contributed by atoms with van der Waals surface area (Å²) in [7, 11) is 6.08. The van der Waals surface area contributed by atoms with Crippen molar-refractivity contribution in [2.24, 2.45) is 35.0 Å². The molecule has 3 aromatic rings. The highest BCUT2D eigenvalue weighted by molar-refractivity contribution is 6.03. The van der Waals surface area contributed by atoms with Gasteiger partial charge in [-0.15, -0.1) is 0 Å². The number of aliphatic carboxylic acids is 1. The second kappa shape index (κ2) is 28.8. The Morgan fingerprint density at radius 1 is 0.839 bits per heavy atom. The fourth-order valence-corrected chi connectivity index (χ4v) is 14.2. The van der Waals surface area contributed by atoms with E-state index in [0.29, 0.717) is 43.7 Å². The van der Waals surface area contributed by atoms with Gasteiger partial charge in [0.1, 0.15) is 24.4 Å². The number of unbranched alkanes of at least 4 members (excludes halogenated alkanes) is 1. The number of hydrogen-bond donors (Lipinski definition) is 6. The van der Waals surface area contributed by atoms with Gasteiger partial charge >= 0.3 is 5.97 Å². The zero-order valence-corrected chi connectivity index (χ0v) is 54.7. The van der Waals surface area contributed by atoms with Gasteiger partial charge in [-0.3, -0.25) is 33.7 Å². The highest BCUT2D eigenvalue weighted by Gasteiger charge is 2.57. The van der Waals surface area contributed by atoms with Crippen LogP contribution in [0.4, 0.5) is 5.69 Å². The van der Waals surface area contributed by atoms with Gasteiger partial charge in [0, 0.05) is 76.2 Å². The lowest BCUT2D eigenvalue weighted by molar-refractivity contribution is -0.148. The molecule has 3 aliphatic rings. The Bertz CT molecular complexity index is 2960. The molecule has 87 heavy (non-hydrogen) atoms. The number of aliphatic hydroxyl groups is 1. The van der Waals surface area contributed by atoms with E-state index in [0.717, 1.165) is 30.4 Å². The predicted octanol–water partition coefficient (Wildman–Crippen LogP) is 8.53. The first-order valence-electron chi connectivity index (χ1n) is 31.5. The molecule has 0 aliphatic carbocycles. The summed E-state index contributed by atoms with van der Waals surface area (Å²) in [6, 6.07) is 9.14. The lowest BCUT2D eigenvalue weighted by Crippen LogP contribution is -2.60. The SMILES string of the molecule is CCCCC(C)c1cccc(CC(NC(=O)C(C)C(OC)C2CCCN2C(=O)CC(OC)C(C(C)CC)N(C)C(=O)C(NC(=O)C(C(C)C)N(C)C(=O)c2ccc3c(c2)N2C(=O)CC(C2O)C(C)(C)C(C)(CC)c2cc(O)n-3c2O)C(C)C)C(=O)O)c1. The molecule has 2 aromatic carbocycles. The minimum absolute atomic E-state index is 0.0135. The van der Waals surface area contributed by atoms with Crippen molar-refractivity contribution in [2.45, 2.75) is 214 Å². The number of hydrogen-bond acceptors (Lipinski definition) is 12. The minimum atomic E-state index is -1.32. The number of methoxy groups -OCH3 is 2. The number of carboxylic acids is 1. The van der Waals surface area contributed by atoms with Gasteiger partial charge in [0.25, 0.3) is 5.91 Å². The number of carboxylic acid groups (broad SMARTS) is 1. The summed E-state index contributed by atoms with van der Waals surface area (Å²) in [6.07, 6.45) is 2.49. The van der Waals surface area contributed by atoms with Crippen LogP contribution >= 0.6 is 0 Å². The Labute approximate surface area is 515 Å². The molecule has 0 spiro atoms. The molecule has 6 N–H and O–H groups in total. The van der Waals surface area contributed by atoms with Gasteiger partial charge in [-0.05, 0) is 84.1 Å². The Morgan fingerprint density at radius 3 is 2.10 bits per heavy atom. The zero-order chi connectivity index (χ0) is 64.9. The van der Waals surface area contributed by atoms with Crippen molar-refractivity contribution < 1.29 is 63.5 Å². The molecular formula is C67H101N7O13. The first-order valence-corrected chi connectivity index (χ1v) is 31.5. The Balaban J connectivity index is 1.19. The normalized spacial score (nSPS) is 22.1. The summed E-state index contributed by atoms with van der Waals surface area (Å²) in [4.78, 5) is 106. The summed E-state index contributed by atoms with van der Waals surface area (Å²) >= 11 is 0. The lowest BCUT2D eigenvalue weighted by atomic mass is 9.56. The van der Waals surface area contributed by atoms with E-state index in [1.165, 1.54) is 59.9 Å². The number of fused-ring (bicyclic) bond motifs is 7. The number of ether oxygens (including phenoxy) is 2. The molecule has 4 bridgehead atoms. The van der Waals surface area contributed by atoms with E-state index in [1.54, 1.807) is 51.5 Å². The molecule has 20 heteroatoms. The number of aromatic hydroxyl groups is 2. The summed E-state index contributed by atoms with van der Waals surface area (Å²) in [5.41, 5.74) is 1.07. The second-order valence-electron chi connectivity index (χ2n) is 26.5. The molecule has 13 unspecified atom stereocenters. The quantitative estimate of drug-likeness (QED) is 0.0419. The average molecular weight is 1210 g/mol. The maximum absolute atomic E-state index is 15.0. The predicted molar refractivity (Wildman–Crippen MR) is 333 cm³/mol. The van der Waals surface area contributed by atoms with E-state index < -0.39 is 119 Å². The summed E-state index contributed by atoms with van der Waals surface area (Å²) in [5, 5.41) is 51.5. The number of nitrogens with one attached hydrogen (secondary N) is 2. The number of benzene rings is 2. The molecule has 482 valence electrons. The lowest BCUT2D eigenvalue weighted by Gasteiger charge is -2.49. The fraction of sp³-hybridized carbons (Fsp3) is 0.657. The van der Waals surface area contributed by atoms with Crippen LogP contribution in [0.15, 0.2) is 48.5 Å². The van der Waals surface area contributed by atoms with E-state index in [4.69, 9.17) is 9.47 Å². The van der Waals surface area contributed by atoms with Crippen molar-refractivity contribution in [2.75, 3.05) is 39.8 Å². The van der Waals surface area contributed by atoms with Crippen LogP contribution in [0.2, 0.25) is 0 Å². The third-order valence-electron chi connectivity index (χ3n) is 20.3. The molecule has 13 atom stereocenters. The highest BCUT2D eigenvalue weighted by Crippen LogP contribution is 2.58. The van der Waals surface area contributed by atoms with E-state index in [-0.39, 0.29) is 59.8 Å². The summed E-state index contributed by atoms with van der Waals surface area (Å²) < 4.78 is 13.3. The number of rotatable bonds is 27. The molecular weight excluding hydrogens is 1110 g/mol. The number of amides is 6. The molecule has 4 heterocycles. The Morgan fingerprint density at radius 2 is 1.52 bits per heavy atom. The molecule has 6 amide bonds. The first kappa shape index (κ1) is 69.6. The van der Waals surface area contributed by atoms with Crippen molar-refractivity contribution >= 4 is 47.1 Å². The van der Waals surface area contributed by atoms with Crippen molar-refractivity contribution in [3.63, 3.8) is 0 Å². The smallest absolute Gasteiger partial charge is 0.326 e. The number of likely N-dealkylation sites (tertiary alicyclic amines) is 1. The molecule has 0 saturated carbocycles. The monoisotopic (exact) mass is 1210 g/mol. The van der Waals surface area contributed by atoms with Gasteiger partial charge < -0.3 is 55.2 Å². The van der Waals surface area contributed by atoms with Crippen LogP contribution in [0, 0.1) is 35.0 Å². The molecule has 6 rings (SSSR count). The molecule has 2 fully saturated rings. The number of anilines is 1. The number of carbonyl (C=O) groups excluding carboxylic acids is 6. The Hall–Kier alpha value is -6.51. The summed E-state index contributed by atoms with van der Waals surface area (Å²) in [5.74, 6) is -6.83. The molecule has 0 radical (unpaired) electrons. The van der Waals surface area contributed by atoms with Gasteiger partial charge in [0.15, 0.2) is 5.88 Å². The van der Waals surface area contributed by atoms with Gasteiger partial charge in [-0.25, -0.2) is 9.36 Å². The van der Waals surface area contributed by atoms with Crippen LogP contribution in [-0.4, -0.2) is 165 Å². The highest BCUT2D eigenvalue weighted by atomic mass is 16.5. The van der Waals surface area contributed by atoms with Crippen LogP contribution in [0.25, 0.3) is 5.69 Å². The maximum atomic E-state index is 15.0. The van der Waals surface area contributed by atoms with Crippen LogP contribution in [0.1, 0.15) is 181 Å². The van der Waals surface area contributed by atoms with Crippen LogP contribution in [0.3, 0.4) is 0 Å². The molecule has 2 saturated heterocycles. The van der Waals surface area contributed by atoms with Gasteiger partial charge in [-0.2, -0.15) is 0 Å². The van der Waals surface area contributed by atoms with E-state index in [1.807, 2.05) is 65.8 Å². The molecule has 1 aromatic heterocycles. The van der Waals surface area contributed by atoms with E-state index >= 15 is 4.79 Å². The number of aromatic nitrogens is 1. The first-order chi connectivity index (χ1) is 40.9. The van der Waals surface area contributed by atoms with Crippen LogP contribution in [-0.2, 0) is 50.1 Å². The second-order valence-corrected chi connectivity index (χ2v) is 26.5. The zero-order valence-electron chi connectivity index (χ0n) is 54.7. The number of aliphatic hydroxyl groups excluding tert-OH is 1. The molecule has 20 nitrogen and oxygen atoms in total. The third kappa shape index (κ3) is 14.0. The standard InChI is InChI=1S/C67H101N7O13/c1-18-21-24-40(9)43-26-22-25-42(31-43)32-47(65(84)85)68-59(78)41(10)58(87-17)49-27-23-30-72(49)52(75)36-51(86-16)57(39(8)19-2)71(15)64(83)55(37(4)5)69-60(79)56(38(6)7)70(14)61(80)44-28-29-48-50(33-44)74-53(76)34-45(62(74)81)66(11,12)67(13,20-3)46-35-54(77)73(48)63(46)82/h22,25-26,28-29,31,33,35,37-41,45,47,49,51,55-58,62,77,81-82H,18-21,23-24,27,30,32,34,36H2,1-17H3,(H,68,78)(H,69,79)(H,84,85). The number of likely N-dealkylation sites (N-methyl/N-ethyl adjacent to an activating group) is 2. The van der Waals surface area contributed by atoms with E-state index in [9.17, 15) is 49.2 Å². The van der Waals surface area contributed by atoms with Gasteiger partial charge in [-0.1, -0.05) is 134 Å². The van der Waals surface area contributed by atoms with Crippen molar-refractivity contribution in [1.29, 1.82) is 0 Å². The van der Waals surface area contributed by atoms with Crippen LogP contribution in [0.5, 0.6) is 11.8 Å². The van der Waals surface area contributed by atoms with Crippen molar-refractivity contribution in [3.8, 4) is 17.4 Å². The van der Waals surface area contributed by atoms with Gasteiger partial charge in [0.05, 0.1) is 48.0 Å². The summed E-state index contributed by atoms with van der Waals surface area (Å²) in [6.45, 7) is 25.3. The minimum Gasteiger partial charge on any atom is -0.494 e. The molecule has 3 aliphatic heterocycles.